The molecule has 0 aromatic rings. The van der Waals surface area contributed by atoms with Gasteiger partial charge in [0.25, 0.3) is 0 Å². The molecule has 1 amide bonds. The van der Waals surface area contributed by atoms with E-state index in [1.54, 1.807) is 20.8 Å². The van der Waals surface area contributed by atoms with Gasteiger partial charge >= 0.3 is 6.09 Å². The van der Waals surface area contributed by atoms with Crippen LogP contribution in [0.1, 0.15) is 20.8 Å². The first-order valence-corrected chi connectivity index (χ1v) is 8.46. The molecule has 20 heavy (non-hydrogen) atoms. The Bertz CT molecular complexity index is 374. The maximum Gasteiger partial charge on any atom is 0.407 e. The Labute approximate surface area is 120 Å². The minimum absolute atomic E-state index is 0.00714. The second-order valence-electron chi connectivity index (χ2n) is 5.28. The molecule has 120 valence electrons. The molecule has 0 fully saturated rings. The molecule has 1 N–H and O–H groups in total. The van der Waals surface area contributed by atoms with Gasteiger partial charge < -0.3 is 19.5 Å². The third-order valence-electron chi connectivity index (χ3n) is 1.89. The highest BCUT2D eigenvalue weighted by Crippen LogP contribution is 2.05. The summed E-state index contributed by atoms with van der Waals surface area (Å²) < 4.78 is 36.9. The molecule has 0 aromatic heterocycles. The first-order valence-electron chi connectivity index (χ1n) is 6.40. The van der Waals surface area contributed by atoms with Gasteiger partial charge in [0.2, 0.25) is 0 Å². The number of nitrogens with one attached hydrogen (secondary N) is 1. The van der Waals surface area contributed by atoms with Crippen LogP contribution in [0.15, 0.2) is 0 Å². The minimum Gasteiger partial charge on any atom is -0.444 e. The van der Waals surface area contributed by atoms with Crippen LogP contribution >= 0.6 is 0 Å². The lowest BCUT2D eigenvalue weighted by molar-refractivity contribution is 0.0423. The molecule has 0 radical (unpaired) electrons. The molecule has 0 saturated heterocycles. The smallest absolute Gasteiger partial charge is 0.407 e. The van der Waals surface area contributed by atoms with Crippen LogP contribution < -0.4 is 5.32 Å². The van der Waals surface area contributed by atoms with E-state index in [2.05, 4.69) is 5.32 Å². The Balaban J connectivity index is 3.35. The van der Waals surface area contributed by atoms with E-state index in [1.165, 1.54) is 0 Å². The van der Waals surface area contributed by atoms with Crippen LogP contribution in [-0.2, 0) is 24.0 Å². The van der Waals surface area contributed by atoms with E-state index in [0.29, 0.717) is 26.4 Å². The fourth-order valence-corrected chi connectivity index (χ4v) is 1.49. The van der Waals surface area contributed by atoms with Crippen LogP contribution in [0.3, 0.4) is 0 Å². The summed E-state index contributed by atoms with van der Waals surface area (Å²) in [7, 11) is -2.98. The Morgan fingerprint density at radius 1 is 1.05 bits per heavy atom. The van der Waals surface area contributed by atoms with E-state index in [9.17, 15) is 13.2 Å². The monoisotopic (exact) mass is 311 g/mol. The van der Waals surface area contributed by atoms with Crippen LogP contribution in [0.2, 0.25) is 0 Å². The summed E-state index contributed by atoms with van der Waals surface area (Å²) in [4.78, 5) is 11.3. The Morgan fingerprint density at radius 3 is 2.10 bits per heavy atom. The van der Waals surface area contributed by atoms with Gasteiger partial charge in [-0.25, -0.2) is 13.2 Å². The lowest BCUT2D eigenvalue weighted by Crippen LogP contribution is -2.34. The van der Waals surface area contributed by atoms with Crippen molar-refractivity contribution < 1.29 is 27.4 Å². The largest absolute Gasteiger partial charge is 0.444 e. The molecule has 0 atom stereocenters. The second kappa shape index (κ2) is 9.15. The highest BCUT2D eigenvalue weighted by molar-refractivity contribution is 7.90. The summed E-state index contributed by atoms with van der Waals surface area (Å²) in [6.07, 6.45) is 0.681. The number of hydrogen-bond acceptors (Lipinski definition) is 6. The van der Waals surface area contributed by atoms with Gasteiger partial charge in [0.1, 0.15) is 15.4 Å². The van der Waals surface area contributed by atoms with E-state index >= 15 is 0 Å². The minimum atomic E-state index is -2.98. The van der Waals surface area contributed by atoms with Gasteiger partial charge in [-0.1, -0.05) is 0 Å². The first-order chi connectivity index (χ1) is 9.10. The van der Waals surface area contributed by atoms with Crippen molar-refractivity contribution in [1.82, 2.24) is 5.32 Å². The standard InChI is InChI=1S/C12H25NO6S/c1-12(2,3)19-11(14)13-5-6-17-7-8-18-9-10-20(4,15)16/h5-10H2,1-4H3,(H,13,14). The van der Waals surface area contributed by atoms with Gasteiger partial charge in [0.15, 0.2) is 0 Å². The summed E-state index contributed by atoms with van der Waals surface area (Å²) >= 11 is 0. The SMILES string of the molecule is CC(C)(C)OC(=O)NCCOCCOCCS(C)(=O)=O. The number of rotatable bonds is 9. The maximum absolute atomic E-state index is 11.3. The number of sulfone groups is 1. The number of alkyl carbamates (subject to hydrolysis) is 1. The van der Waals surface area contributed by atoms with Crippen molar-refractivity contribution >= 4 is 15.9 Å². The average molecular weight is 311 g/mol. The number of carbonyl (C=O) groups excluding carboxylic acids is 1. The summed E-state index contributed by atoms with van der Waals surface area (Å²) in [6.45, 7) is 6.89. The van der Waals surface area contributed by atoms with Crippen molar-refractivity contribution in [3.05, 3.63) is 0 Å². The van der Waals surface area contributed by atoms with Crippen LogP contribution in [0, 0.1) is 0 Å². The Kier molecular flexibility index (Phi) is 8.75. The van der Waals surface area contributed by atoms with E-state index in [0.717, 1.165) is 6.26 Å². The second-order valence-corrected chi connectivity index (χ2v) is 7.54. The lowest BCUT2D eigenvalue weighted by Gasteiger charge is -2.19. The molecule has 0 aliphatic carbocycles. The first kappa shape index (κ1) is 19.1. The number of amides is 1. The van der Waals surface area contributed by atoms with Crippen LogP contribution in [0.5, 0.6) is 0 Å². The van der Waals surface area contributed by atoms with Crippen molar-refractivity contribution in [2.45, 2.75) is 26.4 Å². The van der Waals surface area contributed by atoms with Crippen LogP contribution in [0.4, 0.5) is 4.79 Å². The van der Waals surface area contributed by atoms with E-state index < -0.39 is 21.5 Å². The molecule has 0 aromatic carbocycles. The number of hydrogen-bond donors (Lipinski definition) is 1. The molecule has 0 saturated carbocycles. The molecule has 0 unspecified atom stereocenters. The summed E-state index contributed by atoms with van der Waals surface area (Å²) in [5.74, 6) is 0.00714. The van der Waals surface area contributed by atoms with Crippen molar-refractivity contribution in [1.29, 1.82) is 0 Å². The predicted octanol–water partition coefficient (Wildman–Crippen LogP) is 0.589. The molecular formula is C12H25NO6S. The Hall–Kier alpha value is -0.860. The zero-order chi connectivity index (χ0) is 15.6. The van der Waals surface area contributed by atoms with Gasteiger partial charge in [-0.3, -0.25) is 0 Å². The lowest BCUT2D eigenvalue weighted by atomic mass is 10.2. The highest BCUT2D eigenvalue weighted by atomic mass is 32.2. The summed E-state index contributed by atoms with van der Waals surface area (Å²) in [5, 5.41) is 2.55. The molecule has 0 aliphatic rings. The molecule has 8 heteroatoms. The molecule has 0 bridgehead atoms. The normalized spacial score (nSPS) is 12.2. The van der Waals surface area contributed by atoms with E-state index in [1.807, 2.05) is 0 Å². The van der Waals surface area contributed by atoms with Crippen molar-refractivity contribution in [3.63, 3.8) is 0 Å². The van der Waals surface area contributed by atoms with Gasteiger partial charge in [-0.2, -0.15) is 0 Å². The third-order valence-corrected chi connectivity index (χ3v) is 2.79. The molecule has 0 rings (SSSR count). The van der Waals surface area contributed by atoms with Gasteiger partial charge in [-0.05, 0) is 20.8 Å². The zero-order valence-corrected chi connectivity index (χ0v) is 13.4. The molecule has 0 aliphatic heterocycles. The topological polar surface area (TPSA) is 90.9 Å². The molecule has 0 spiro atoms. The van der Waals surface area contributed by atoms with Crippen molar-refractivity contribution in [2.24, 2.45) is 0 Å². The van der Waals surface area contributed by atoms with Crippen LogP contribution in [0.25, 0.3) is 0 Å². The molecule has 7 nitrogen and oxygen atoms in total. The van der Waals surface area contributed by atoms with Crippen molar-refractivity contribution in [2.75, 3.05) is 45.0 Å². The molecule has 0 heterocycles. The summed E-state index contributed by atoms with van der Waals surface area (Å²) in [5.41, 5.74) is -0.515. The van der Waals surface area contributed by atoms with Crippen molar-refractivity contribution in [3.8, 4) is 0 Å². The van der Waals surface area contributed by atoms with Gasteiger partial charge in [0.05, 0.1) is 32.2 Å². The number of carbonyl (C=O) groups is 1. The fraction of sp³-hybridized carbons (Fsp3) is 0.917. The summed E-state index contributed by atoms with van der Waals surface area (Å²) in [6, 6.07) is 0. The number of ether oxygens (including phenoxy) is 3. The zero-order valence-electron chi connectivity index (χ0n) is 12.6. The Morgan fingerprint density at radius 2 is 1.60 bits per heavy atom. The van der Waals surface area contributed by atoms with Gasteiger partial charge in [0, 0.05) is 12.8 Å². The average Bonchev–Trinajstić information content (AvgIpc) is 2.22. The van der Waals surface area contributed by atoms with Gasteiger partial charge in [-0.15, -0.1) is 0 Å². The third kappa shape index (κ3) is 15.2. The van der Waals surface area contributed by atoms with Crippen LogP contribution in [-0.4, -0.2) is 65.1 Å². The van der Waals surface area contributed by atoms with E-state index in [-0.39, 0.29) is 12.4 Å². The molecular weight excluding hydrogens is 286 g/mol. The maximum atomic E-state index is 11.3. The highest BCUT2D eigenvalue weighted by Gasteiger charge is 2.15. The van der Waals surface area contributed by atoms with E-state index in [4.69, 9.17) is 14.2 Å². The quantitative estimate of drug-likeness (QED) is 0.627. The predicted molar refractivity (Wildman–Crippen MR) is 75.6 cm³/mol. The fourth-order valence-electron chi connectivity index (χ4n) is 1.07.